The number of hydrogen-bond donors (Lipinski definition) is 1. The lowest BCUT2D eigenvalue weighted by Gasteiger charge is -2.46. The van der Waals surface area contributed by atoms with Crippen LogP contribution in [-0.2, 0) is 11.0 Å². The summed E-state index contributed by atoms with van der Waals surface area (Å²) in [5.41, 5.74) is -0.861. The van der Waals surface area contributed by atoms with Crippen LogP contribution in [-0.4, -0.2) is 49.1 Å². The van der Waals surface area contributed by atoms with Gasteiger partial charge in [-0.15, -0.1) is 0 Å². The summed E-state index contributed by atoms with van der Waals surface area (Å²) in [4.78, 5) is 16.6. The Morgan fingerprint density at radius 1 is 1.21 bits per heavy atom. The first kappa shape index (κ1) is 21.4. The van der Waals surface area contributed by atoms with E-state index < -0.39 is 11.7 Å². The normalized spacial score (nSPS) is 23.7. The van der Waals surface area contributed by atoms with E-state index in [0.717, 1.165) is 32.0 Å². The molecule has 2 heterocycles. The van der Waals surface area contributed by atoms with E-state index in [4.69, 9.17) is 5.26 Å². The number of halogens is 3. The monoisotopic (exact) mass is 408 g/mol. The van der Waals surface area contributed by atoms with Crippen molar-refractivity contribution >= 4 is 11.6 Å². The average molecular weight is 408 g/mol. The molecule has 2 aliphatic rings. The van der Waals surface area contributed by atoms with E-state index in [9.17, 15) is 18.0 Å². The smallest absolute Gasteiger partial charge is 0.365 e. The molecule has 2 saturated heterocycles. The molecule has 0 aromatic heterocycles. The van der Waals surface area contributed by atoms with Crippen LogP contribution in [0, 0.1) is 17.2 Å². The van der Waals surface area contributed by atoms with Crippen molar-refractivity contribution in [2.24, 2.45) is 5.92 Å². The van der Waals surface area contributed by atoms with E-state index in [1.807, 2.05) is 23.6 Å². The van der Waals surface area contributed by atoms with Gasteiger partial charge in [0.1, 0.15) is 0 Å². The molecule has 2 fully saturated rings. The van der Waals surface area contributed by atoms with Crippen LogP contribution in [0.5, 0.6) is 0 Å². The Morgan fingerprint density at radius 3 is 2.52 bits per heavy atom. The largest absolute Gasteiger partial charge is 0.417 e. The minimum Gasteiger partial charge on any atom is -0.365 e. The SMILES string of the molecule is C[C@@H]1CN(c2ccc(C#N)c(C(F)(F)F)c2)[C@@H](C)CN1C(=O)CC1CCNCC1. The Balaban J connectivity index is 1.73. The molecule has 158 valence electrons. The van der Waals surface area contributed by atoms with Crippen LogP contribution >= 0.6 is 0 Å². The van der Waals surface area contributed by atoms with Crippen LogP contribution in [0.25, 0.3) is 0 Å². The number of nitrogens with one attached hydrogen (secondary N) is 1. The van der Waals surface area contributed by atoms with Crippen LogP contribution in [0.4, 0.5) is 18.9 Å². The maximum atomic E-state index is 13.3. The van der Waals surface area contributed by atoms with E-state index in [1.165, 1.54) is 6.07 Å². The van der Waals surface area contributed by atoms with Gasteiger partial charge in [0, 0.05) is 37.3 Å². The second-order valence-corrected chi connectivity index (χ2v) is 8.13. The third-order valence-corrected chi connectivity index (χ3v) is 5.99. The van der Waals surface area contributed by atoms with Gasteiger partial charge < -0.3 is 15.1 Å². The highest BCUT2D eigenvalue weighted by atomic mass is 19.4. The topological polar surface area (TPSA) is 59.4 Å². The molecule has 1 aromatic rings. The number of piperidine rings is 1. The molecule has 1 amide bonds. The van der Waals surface area contributed by atoms with E-state index >= 15 is 0 Å². The van der Waals surface area contributed by atoms with Crippen molar-refractivity contribution in [1.82, 2.24) is 10.2 Å². The third-order valence-electron chi connectivity index (χ3n) is 5.99. The third kappa shape index (κ3) is 4.84. The van der Waals surface area contributed by atoms with Gasteiger partial charge in [-0.3, -0.25) is 4.79 Å². The summed E-state index contributed by atoms with van der Waals surface area (Å²) in [5.74, 6) is 0.531. The Kier molecular flexibility index (Phi) is 6.37. The first-order valence-corrected chi connectivity index (χ1v) is 10.1. The number of alkyl halides is 3. The van der Waals surface area contributed by atoms with Gasteiger partial charge in [0.05, 0.1) is 17.2 Å². The summed E-state index contributed by atoms with van der Waals surface area (Å²) in [7, 11) is 0. The van der Waals surface area contributed by atoms with Crippen molar-refractivity contribution in [2.75, 3.05) is 31.1 Å². The predicted molar refractivity (Wildman–Crippen MR) is 104 cm³/mol. The lowest BCUT2D eigenvalue weighted by molar-refractivity contribution is -0.137. The van der Waals surface area contributed by atoms with Crippen molar-refractivity contribution in [1.29, 1.82) is 5.26 Å². The number of piperazine rings is 1. The highest BCUT2D eigenvalue weighted by molar-refractivity contribution is 5.77. The molecule has 0 aliphatic carbocycles. The average Bonchev–Trinajstić information content (AvgIpc) is 2.69. The lowest BCUT2D eigenvalue weighted by Crippen LogP contribution is -2.58. The summed E-state index contributed by atoms with van der Waals surface area (Å²) >= 11 is 0. The van der Waals surface area contributed by atoms with Crippen molar-refractivity contribution in [3.8, 4) is 6.07 Å². The zero-order valence-corrected chi connectivity index (χ0v) is 16.8. The number of carbonyl (C=O) groups is 1. The molecule has 8 heteroatoms. The summed E-state index contributed by atoms with van der Waals surface area (Å²) in [6.45, 7) is 6.68. The second kappa shape index (κ2) is 8.62. The van der Waals surface area contributed by atoms with Gasteiger partial charge in [-0.1, -0.05) is 0 Å². The molecule has 29 heavy (non-hydrogen) atoms. The molecule has 3 rings (SSSR count). The van der Waals surface area contributed by atoms with Crippen LogP contribution in [0.1, 0.15) is 44.2 Å². The molecular formula is C21H27F3N4O. The fraction of sp³-hybridized carbons (Fsp3) is 0.619. The molecule has 0 radical (unpaired) electrons. The van der Waals surface area contributed by atoms with Crippen LogP contribution in [0.2, 0.25) is 0 Å². The first-order valence-electron chi connectivity index (χ1n) is 10.1. The minimum atomic E-state index is -4.58. The molecule has 2 atom stereocenters. The van der Waals surface area contributed by atoms with Gasteiger partial charge in [0.15, 0.2) is 0 Å². The zero-order chi connectivity index (χ0) is 21.2. The van der Waals surface area contributed by atoms with Crippen molar-refractivity contribution < 1.29 is 18.0 Å². The molecule has 2 aliphatic heterocycles. The van der Waals surface area contributed by atoms with E-state index in [2.05, 4.69) is 5.32 Å². The number of nitrogens with zero attached hydrogens (tertiary/aromatic N) is 3. The zero-order valence-electron chi connectivity index (χ0n) is 16.8. The maximum absolute atomic E-state index is 13.3. The maximum Gasteiger partial charge on any atom is 0.417 e. The number of carbonyl (C=O) groups excluding carboxylic acids is 1. The summed E-state index contributed by atoms with van der Waals surface area (Å²) in [6.07, 6.45) is -2.04. The molecular weight excluding hydrogens is 381 g/mol. The molecule has 0 bridgehead atoms. The van der Waals surface area contributed by atoms with Crippen molar-refractivity contribution in [3.63, 3.8) is 0 Å². The van der Waals surface area contributed by atoms with E-state index in [0.29, 0.717) is 31.1 Å². The second-order valence-electron chi connectivity index (χ2n) is 8.13. The van der Waals surface area contributed by atoms with Crippen molar-refractivity contribution in [3.05, 3.63) is 29.3 Å². The van der Waals surface area contributed by atoms with Gasteiger partial charge in [-0.25, -0.2) is 0 Å². The highest BCUT2D eigenvalue weighted by Crippen LogP contribution is 2.35. The number of nitriles is 1. The minimum absolute atomic E-state index is 0.0922. The van der Waals surface area contributed by atoms with Crippen LogP contribution < -0.4 is 10.2 Å². The quantitative estimate of drug-likeness (QED) is 0.833. The lowest BCUT2D eigenvalue weighted by atomic mass is 9.93. The number of amides is 1. The Labute approximate surface area is 169 Å². The van der Waals surface area contributed by atoms with Gasteiger partial charge >= 0.3 is 6.18 Å². The Hall–Kier alpha value is -2.27. The standard InChI is InChI=1S/C21H27F3N4O/c1-14-13-28(20(29)9-16-5-7-26-8-6-16)15(2)12-27(14)18-4-3-17(11-25)19(10-18)21(22,23)24/h3-4,10,14-16,26H,5-9,12-13H2,1-2H3/t14-,15+/m0/s1. The summed E-state index contributed by atoms with van der Waals surface area (Å²) in [5, 5.41) is 12.3. The van der Waals surface area contributed by atoms with Gasteiger partial charge in [0.2, 0.25) is 5.91 Å². The van der Waals surface area contributed by atoms with Gasteiger partial charge in [-0.05, 0) is 63.9 Å². The Bertz CT molecular complexity index is 783. The molecule has 0 saturated carbocycles. The van der Waals surface area contributed by atoms with Gasteiger partial charge in [0.25, 0.3) is 0 Å². The molecule has 1 N–H and O–H groups in total. The Morgan fingerprint density at radius 2 is 1.90 bits per heavy atom. The number of hydrogen-bond acceptors (Lipinski definition) is 4. The van der Waals surface area contributed by atoms with E-state index in [-0.39, 0.29) is 23.6 Å². The van der Waals surface area contributed by atoms with Crippen LogP contribution in [0.3, 0.4) is 0 Å². The molecule has 0 spiro atoms. The van der Waals surface area contributed by atoms with Crippen LogP contribution in [0.15, 0.2) is 18.2 Å². The molecule has 0 unspecified atom stereocenters. The number of anilines is 1. The summed E-state index contributed by atoms with van der Waals surface area (Å²) in [6, 6.07) is 5.25. The van der Waals surface area contributed by atoms with Gasteiger partial charge in [-0.2, -0.15) is 18.4 Å². The summed E-state index contributed by atoms with van der Waals surface area (Å²) < 4.78 is 40.0. The molecule has 1 aromatic carbocycles. The van der Waals surface area contributed by atoms with Crippen molar-refractivity contribution in [2.45, 2.75) is 51.4 Å². The number of benzene rings is 1. The fourth-order valence-corrected chi connectivity index (χ4v) is 4.33. The van der Waals surface area contributed by atoms with E-state index in [1.54, 1.807) is 12.1 Å². The predicted octanol–water partition coefficient (Wildman–Crippen LogP) is 3.39. The number of rotatable bonds is 3. The highest BCUT2D eigenvalue weighted by Gasteiger charge is 2.37. The fourth-order valence-electron chi connectivity index (χ4n) is 4.33. The first-order chi connectivity index (χ1) is 13.7. The molecule has 5 nitrogen and oxygen atoms in total.